The molecular formula is C34H50N2O10. The highest BCUT2D eigenvalue weighted by Crippen LogP contribution is 2.67. The van der Waals surface area contributed by atoms with Gasteiger partial charge in [0.2, 0.25) is 17.6 Å². The first-order valence-corrected chi connectivity index (χ1v) is 16.7. The summed E-state index contributed by atoms with van der Waals surface area (Å²) in [7, 11) is 0. The van der Waals surface area contributed by atoms with Crippen LogP contribution in [0.25, 0.3) is 0 Å². The Balaban J connectivity index is 1.28. The maximum atomic E-state index is 13.5. The van der Waals surface area contributed by atoms with Crippen molar-refractivity contribution in [1.29, 1.82) is 0 Å². The van der Waals surface area contributed by atoms with E-state index in [1.807, 2.05) is 13.8 Å². The van der Waals surface area contributed by atoms with Gasteiger partial charge in [-0.1, -0.05) is 39.2 Å². The molecule has 0 bridgehead atoms. The average molecular weight is 647 g/mol. The topological polar surface area (TPSA) is 196 Å². The van der Waals surface area contributed by atoms with Crippen molar-refractivity contribution in [3.63, 3.8) is 0 Å². The number of esters is 1. The van der Waals surface area contributed by atoms with E-state index in [2.05, 4.69) is 17.6 Å². The van der Waals surface area contributed by atoms with Crippen LogP contribution < -0.4 is 10.6 Å². The van der Waals surface area contributed by atoms with Gasteiger partial charge in [0.15, 0.2) is 12.4 Å². The predicted molar refractivity (Wildman–Crippen MR) is 165 cm³/mol. The molecule has 5 N–H and O–H groups in total. The number of Topliss-reactive ketones (excluding diaryl/α,β-unsaturated/α-hetero) is 1. The number of nitrogens with one attached hydrogen (secondary N) is 2. The zero-order valence-electron chi connectivity index (χ0n) is 27.4. The lowest BCUT2D eigenvalue weighted by atomic mass is 9.45. The van der Waals surface area contributed by atoms with E-state index >= 15 is 0 Å². The molecule has 0 aromatic carbocycles. The van der Waals surface area contributed by atoms with Crippen molar-refractivity contribution in [3.8, 4) is 0 Å². The number of carboxylic acid groups (broad SMARTS) is 1. The molecule has 4 aliphatic rings. The summed E-state index contributed by atoms with van der Waals surface area (Å²) < 4.78 is 5.18. The first-order valence-electron chi connectivity index (χ1n) is 16.7. The number of ether oxygens (including phenoxy) is 1. The third kappa shape index (κ3) is 6.79. The Morgan fingerprint density at radius 2 is 1.78 bits per heavy atom. The van der Waals surface area contributed by atoms with E-state index in [1.165, 1.54) is 6.92 Å². The van der Waals surface area contributed by atoms with E-state index in [9.17, 15) is 44.1 Å². The van der Waals surface area contributed by atoms with Crippen LogP contribution in [0.1, 0.15) is 105 Å². The van der Waals surface area contributed by atoms with Crippen LogP contribution in [0.5, 0.6) is 0 Å². The summed E-state index contributed by atoms with van der Waals surface area (Å²) in [5.74, 6) is -3.75. The highest BCUT2D eigenvalue weighted by atomic mass is 16.5. The van der Waals surface area contributed by atoms with Crippen LogP contribution in [0.4, 0.5) is 0 Å². The van der Waals surface area contributed by atoms with E-state index in [4.69, 9.17) is 4.74 Å². The van der Waals surface area contributed by atoms with Crippen molar-refractivity contribution in [3.05, 3.63) is 11.6 Å². The lowest BCUT2D eigenvalue weighted by Gasteiger charge is -2.60. The molecule has 9 atom stereocenters. The maximum absolute atomic E-state index is 13.5. The van der Waals surface area contributed by atoms with Crippen molar-refractivity contribution < 1.29 is 48.8 Å². The summed E-state index contributed by atoms with van der Waals surface area (Å²) in [5.41, 5.74) is -1.88. The molecule has 2 amide bonds. The van der Waals surface area contributed by atoms with Crippen molar-refractivity contribution in [1.82, 2.24) is 10.6 Å². The van der Waals surface area contributed by atoms with Crippen LogP contribution in [0.15, 0.2) is 11.6 Å². The number of allylic oxidation sites excluding steroid dienone is 1. The van der Waals surface area contributed by atoms with Gasteiger partial charge in [0, 0.05) is 18.3 Å². The number of amides is 2. The second-order valence-corrected chi connectivity index (χ2v) is 14.4. The van der Waals surface area contributed by atoms with Crippen LogP contribution in [0, 0.1) is 28.6 Å². The summed E-state index contributed by atoms with van der Waals surface area (Å²) in [5, 5.41) is 37.5. The molecule has 4 aliphatic carbocycles. The number of hydrogen-bond acceptors (Lipinski definition) is 9. The van der Waals surface area contributed by atoms with Gasteiger partial charge in [-0.2, -0.15) is 0 Å². The zero-order chi connectivity index (χ0) is 34.0. The fraction of sp³-hybridized carbons (Fsp3) is 0.765. The smallest absolute Gasteiger partial charge is 0.326 e. The Labute approximate surface area is 270 Å². The number of carbonyl (C=O) groups is 6. The molecule has 0 aromatic heterocycles. The number of unbranched alkanes of at least 4 members (excludes halogenated alkanes) is 1. The predicted octanol–water partition coefficient (Wildman–Crippen LogP) is 2.38. The number of rotatable bonds is 13. The number of aliphatic hydroxyl groups excluding tert-OH is 1. The Hall–Kier alpha value is -3.12. The van der Waals surface area contributed by atoms with Crippen LogP contribution in [-0.4, -0.2) is 81.0 Å². The number of fused-ring (bicyclic) bond motifs is 5. The molecule has 0 spiro atoms. The minimum Gasteiger partial charge on any atom is -0.480 e. The van der Waals surface area contributed by atoms with Gasteiger partial charge in [0.1, 0.15) is 17.7 Å². The van der Waals surface area contributed by atoms with Crippen molar-refractivity contribution >= 4 is 35.3 Å². The van der Waals surface area contributed by atoms with Crippen LogP contribution >= 0.6 is 0 Å². The number of ketones is 2. The molecule has 256 valence electrons. The summed E-state index contributed by atoms with van der Waals surface area (Å²) in [4.78, 5) is 74.2. The van der Waals surface area contributed by atoms with E-state index in [0.717, 1.165) is 24.8 Å². The fourth-order valence-corrected chi connectivity index (χ4v) is 9.04. The van der Waals surface area contributed by atoms with Gasteiger partial charge in [-0.05, 0) is 81.1 Å². The molecule has 0 aromatic rings. The van der Waals surface area contributed by atoms with Crippen molar-refractivity contribution in [2.45, 2.75) is 129 Å². The van der Waals surface area contributed by atoms with E-state index < -0.39 is 65.3 Å². The average Bonchev–Trinajstić information content (AvgIpc) is 3.27. The molecule has 0 unspecified atom stereocenters. The van der Waals surface area contributed by atoms with E-state index in [-0.39, 0.29) is 61.1 Å². The summed E-state index contributed by atoms with van der Waals surface area (Å²) in [6.07, 6.45) is 5.66. The van der Waals surface area contributed by atoms with Gasteiger partial charge in [-0.3, -0.25) is 24.0 Å². The lowest BCUT2D eigenvalue weighted by Crippen LogP contribution is -2.62. The Bertz CT molecular complexity index is 1280. The Morgan fingerprint density at radius 3 is 2.46 bits per heavy atom. The standard InChI is InChI=1S/C34H50N2O10/c1-5-6-7-24(31(43)44)36-30(42)19(2)35-27(40)10-11-28(41)46-18-26(39)34(45)15-13-23-22-9-8-20-16-21(37)12-14-32(20,3)29(22)25(38)17-33(23,34)4/h16,19,22-25,29,38,45H,5-15,17-18H2,1-4H3,(H,35,40)(H,36,42)(H,43,44)/t19-,22+,23+,24-,25-,29-,32-,33-,34+/m0/s1. The second-order valence-electron chi connectivity index (χ2n) is 14.4. The molecule has 0 aliphatic heterocycles. The van der Waals surface area contributed by atoms with Crippen LogP contribution in [0.3, 0.4) is 0 Å². The molecule has 0 heterocycles. The molecule has 12 nitrogen and oxygen atoms in total. The first-order chi connectivity index (χ1) is 21.6. The van der Waals surface area contributed by atoms with Gasteiger partial charge in [-0.15, -0.1) is 0 Å². The molecule has 0 radical (unpaired) electrons. The van der Waals surface area contributed by atoms with Gasteiger partial charge < -0.3 is 30.7 Å². The molecule has 3 saturated carbocycles. The van der Waals surface area contributed by atoms with Gasteiger partial charge in [0.25, 0.3) is 0 Å². The minimum absolute atomic E-state index is 0.0122. The molecule has 3 fully saturated rings. The number of aliphatic carboxylic acids is 1. The van der Waals surface area contributed by atoms with Gasteiger partial charge in [0.05, 0.1) is 12.5 Å². The molecule has 46 heavy (non-hydrogen) atoms. The summed E-state index contributed by atoms with van der Waals surface area (Å²) >= 11 is 0. The maximum Gasteiger partial charge on any atom is 0.326 e. The second kappa shape index (κ2) is 13.9. The summed E-state index contributed by atoms with van der Waals surface area (Å²) in [6.45, 7) is 6.63. The highest BCUT2D eigenvalue weighted by Gasteiger charge is 2.68. The largest absolute Gasteiger partial charge is 0.480 e. The van der Waals surface area contributed by atoms with E-state index in [1.54, 1.807) is 6.08 Å². The fourth-order valence-electron chi connectivity index (χ4n) is 9.04. The van der Waals surface area contributed by atoms with Crippen LogP contribution in [0.2, 0.25) is 0 Å². The van der Waals surface area contributed by atoms with Crippen molar-refractivity contribution in [2.24, 2.45) is 28.6 Å². The highest BCUT2D eigenvalue weighted by molar-refractivity contribution is 5.93. The van der Waals surface area contributed by atoms with Crippen molar-refractivity contribution in [2.75, 3.05) is 6.61 Å². The SMILES string of the molecule is CCCC[C@H](NC(=O)[C@H](C)NC(=O)CCC(=O)OCC(=O)[C@]1(O)CC[C@@H]2[C@H]3CCC4=CC(=O)CC[C@]4(C)[C@@H]3[C@@H](O)C[C@@]21C)C(=O)O. The normalized spacial score (nSPS) is 34.6. The van der Waals surface area contributed by atoms with Gasteiger partial charge in [-0.25, -0.2) is 4.79 Å². The number of aliphatic hydroxyl groups is 2. The zero-order valence-corrected chi connectivity index (χ0v) is 27.4. The minimum atomic E-state index is -1.78. The molecular weight excluding hydrogens is 596 g/mol. The third-order valence-corrected chi connectivity index (χ3v) is 11.7. The summed E-state index contributed by atoms with van der Waals surface area (Å²) in [6, 6.07) is -2.09. The number of carboxylic acids is 1. The number of carbonyl (C=O) groups excluding carboxylic acids is 5. The van der Waals surface area contributed by atoms with Crippen LogP contribution in [-0.2, 0) is 33.5 Å². The molecule has 4 rings (SSSR count). The molecule has 0 saturated heterocycles. The molecule has 12 heteroatoms. The first kappa shape index (κ1) is 35.7. The number of hydrogen-bond donors (Lipinski definition) is 5. The van der Waals surface area contributed by atoms with Gasteiger partial charge >= 0.3 is 11.9 Å². The lowest BCUT2D eigenvalue weighted by molar-refractivity contribution is -0.184. The van der Waals surface area contributed by atoms with E-state index in [0.29, 0.717) is 25.7 Å². The Morgan fingerprint density at radius 1 is 1.07 bits per heavy atom. The quantitative estimate of drug-likeness (QED) is 0.185. The Kier molecular flexibility index (Phi) is 10.8. The third-order valence-electron chi connectivity index (χ3n) is 11.7. The monoisotopic (exact) mass is 646 g/mol.